The van der Waals surface area contributed by atoms with Crippen molar-refractivity contribution in [3.63, 3.8) is 0 Å². The molecule has 0 spiro atoms. The van der Waals surface area contributed by atoms with Crippen LogP contribution in [0.3, 0.4) is 0 Å². The smallest absolute Gasteiger partial charge is 0.222 e. The summed E-state index contributed by atoms with van der Waals surface area (Å²) >= 11 is 1.56. The lowest BCUT2D eigenvalue weighted by molar-refractivity contribution is -0.132. The van der Waals surface area contributed by atoms with Crippen molar-refractivity contribution < 1.29 is 4.79 Å². The number of aryl methyl sites for hydroxylation is 4. The first-order valence-electron chi connectivity index (χ1n) is 10.7. The van der Waals surface area contributed by atoms with E-state index < -0.39 is 0 Å². The van der Waals surface area contributed by atoms with Gasteiger partial charge < -0.3 is 4.90 Å². The topological polar surface area (TPSA) is 46.1 Å². The summed E-state index contributed by atoms with van der Waals surface area (Å²) in [5.74, 6) is 1.01. The Morgan fingerprint density at radius 2 is 1.66 bits per heavy atom. The average molecular weight is 412 g/mol. The molecule has 1 aliphatic heterocycles. The van der Waals surface area contributed by atoms with Gasteiger partial charge in [-0.1, -0.05) is 41.6 Å². The predicted molar refractivity (Wildman–Crippen MR) is 120 cm³/mol. The highest BCUT2D eigenvalue weighted by molar-refractivity contribution is 7.98. The van der Waals surface area contributed by atoms with E-state index in [0.29, 0.717) is 6.42 Å². The largest absolute Gasteiger partial charge is 0.343 e. The van der Waals surface area contributed by atoms with Gasteiger partial charge in [0.2, 0.25) is 5.91 Å². The van der Waals surface area contributed by atoms with E-state index in [1.807, 2.05) is 20.1 Å². The van der Waals surface area contributed by atoms with Crippen molar-refractivity contribution in [2.75, 3.05) is 19.3 Å². The number of rotatable bonds is 7. The molecule has 0 N–H and O–H groups in total. The zero-order valence-electron chi connectivity index (χ0n) is 18.2. The van der Waals surface area contributed by atoms with Gasteiger partial charge in [0, 0.05) is 30.9 Å². The molecule has 3 rings (SSSR count). The molecule has 1 fully saturated rings. The van der Waals surface area contributed by atoms with Gasteiger partial charge in [0.15, 0.2) is 5.16 Å². The van der Waals surface area contributed by atoms with Gasteiger partial charge in [-0.25, -0.2) is 9.97 Å². The third kappa shape index (κ3) is 6.05. The second kappa shape index (κ2) is 10.2. The maximum atomic E-state index is 12.7. The zero-order chi connectivity index (χ0) is 20.8. The highest BCUT2D eigenvalue weighted by Gasteiger charge is 2.23. The maximum absolute atomic E-state index is 12.7. The Bertz CT molecular complexity index is 804. The van der Waals surface area contributed by atoms with Gasteiger partial charge in [0.25, 0.3) is 0 Å². The predicted octanol–water partition coefficient (Wildman–Crippen LogP) is 4.93. The number of amides is 1. The number of piperidine rings is 1. The van der Waals surface area contributed by atoms with Crippen LogP contribution >= 0.6 is 11.8 Å². The molecule has 29 heavy (non-hydrogen) atoms. The summed E-state index contributed by atoms with van der Waals surface area (Å²) in [4.78, 5) is 23.8. The molecule has 2 heterocycles. The Hall–Kier alpha value is -1.88. The minimum atomic E-state index is 0.273. The molecular weight excluding hydrogens is 378 g/mol. The van der Waals surface area contributed by atoms with Crippen molar-refractivity contribution in [2.24, 2.45) is 5.92 Å². The lowest BCUT2D eigenvalue weighted by atomic mass is 9.90. The molecule has 5 heteroatoms. The van der Waals surface area contributed by atoms with Gasteiger partial charge in [-0.05, 0) is 76.2 Å². The number of thioether (sulfide) groups is 1. The molecule has 0 atom stereocenters. The highest BCUT2D eigenvalue weighted by Crippen LogP contribution is 2.24. The summed E-state index contributed by atoms with van der Waals surface area (Å²) < 4.78 is 0. The molecule has 156 valence electrons. The molecule has 1 aliphatic rings. The van der Waals surface area contributed by atoms with Crippen molar-refractivity contribution in [1.82, 2.24) is 14.9 Å². The fourth-order valence-electron chi connectivity index (χ4n) is 4.15. The standard InChI is InChI=1S/C24H33N3OS/c1-17-5-7-20(8-6-17)9-10-21-13-15-27(16-14-21)23(28)12-11-22-18(2)25-24(29-4)26-19(22)3/h5-8,21H,9-16H2,1-4H3. The summed E-state index contributed by atoms with van der Waals surface area (Å²) in [5.41, 5.74) is 5.88. The quantitative estimate of drug-likeness (QED) is 0.479. The van der Waals surface area contributed by atoms with Gasteiger partial charge >= 0.3 is 0 Å². The van der Waals surface area contributed by atoms with Gasteiger partial charge in [-0.15, -0.1) is 0 Å². The summed E-state index contributed by atoms with van der Waals surface area (Å²) in [6.07, 6.45) is 7.90. The monoisotopic (exact) mass is 411 g/mol. The lowest BCUT2D eigenvalue weighted by Crippen LogP contribution is -2.38. The van der Waals surface area contributed by atoms with E-state index >= 15 is 0 Å². The van der Waals surface area contributed by atoms with Crippen molar-refractivity contribution >= 4 is 17.7 Å². The van der Waals surface area contributed by atoms with Crippen LogP contribution in [-0.2, 0) is 17.6 Å². The first-order valence-corrected chi connectivity index (χ1v) is 11.9. The molecule has 1 aromatic heterocycles. The molecule has 0 radical (unpaired) electrons. The minimum Gasteiger partial charge on any atom is -0.343 e. The van der Waals surface area contributed by atoms with Crippen molar-refractivity contribution in [3.05, 3.63) is 52.3 Å². The normalized spacial score (nSPS) is 15.0. The first-order chi connectivity index (χ1) is 14.0. The molecule has 0 bridgehead atoms. The maximum Gasteiger partial charge on any atom is 0.222 e. The molecule has 0 unspecified atom stereocenters. The van der Waals surface area contributed by atoms with Crippen LogP contribution in [0.2, 0.25) is 0 Å². The Kier molecular flexibility index (Phi) is 7.70. The summed E-state index contributed by atoms with van der Waals surface area (Å²) in [6.45, 7) is 7.97. The molecule has 0 aliphatic carbocycles. The van der Waals surface area contributed by atoms with E-state index in [0.717, 1.165) is 66.8 Å². The van der Waals surface area contributed by atoms with Crippen LogP contribution in [-0.4, -0.2) is 40.1 Å². The van der Waals surface area contributed by atoms with E-state index in [2.05, 4.69) is 46.1 Å². The van der Waals surface area contributed by atoms with Gasteiger partial charge in [0.05, 0.1) is 0 Å². The van der Waals surface area contributed by atoms with Crippen LogP contribution in [0.25, 0.3) is 0 Å². The van der Waals surface area contributed by atoms with E-state index in [-0.39, 0.29) is 5.91 Å². The number of carbonyl (C=O) groups excluding carboxylic acids is 1. The molecule has 2 aromatic rings. The van der Waals surface area contributed by atoms with Gasteiger partial charge in [-0.3, -0.25) is 4.79 Å². The van der Waals surface area contributed by atoms with E-state index in [1.165, 1.54) is 17.5 Å². The molecule has 1 saturated heterocycles. The number of aromatic nitrogens is 2. The van der Waals surface area contributed by atoms with Crippen LogP contribution in [0.1, 0.15) is 53.8 Å². The molecule has 0 saturated carbocycles. The third-order valence-corrected chi connectivity index (χ3v) is 6.65. The van der Waals surface area contributed by atoms with E-state index in [4.69, 9.17) is 0 Å². The number of nitrogens with zero attached hydrogens (tertiary/aromatic N) is 3. The van der Waals surface area contributed by atoms with Gasteiger partial charge in [-0.2, -0.15) is 0 Å². The molecule has 1 amide bonds. The van der Waals surface area contributed by atoms with Crippen LogP contribution in [0.5, 0.6) is 0 Å². The Morgan fingerprint density at radius 1 is 1.03 bits per heavy atom. The van der Waals surface area contributed by atoms with E-state index in [9.17, 15) is 4.79 Å². The minimum absolute atomic E-state index is 0.273. The number of carbonyl (C=O) groups is 1. The third-order valence-electron chi connectivity index (χ3n) is 6.10. The number of benzene rings is 1. The summed E-state index contributed by atoms with van der Waals surface area (Å²) in [7, 11) is 0. The van der Waals surface area contributed by atoms with Gasteiger partial charge in [0.1, 0.15) is 0 Å². The molecule has 1 aromatic carbocycles. The molecule has 4 nitrogen and oxygen atoms in total. The molecular formula is C24H33N3OS. The van der Waals surface area contributed by atoms with Crippen molar-refractivity contribution in [1.29, 1.82) is 0 Å². The van der Waals surface area contributed by atoms with Crippen LogP contribution < -0.4 is 0 Å². The first kappa shape index (κ1) is 21.8. The van der Waals surface area contributed by atoms with Crippen molar-refractivity contribution in [3.8, 4) is 0 Å². The van der Waals surface area contributed by atoms with Crippen LogP contribution in [0.15, 0.2) is 29.4 Å². The average Bonchev–Trinajstić information content (AvgIpc) is 2.72. The number of hydrogen-bond donors (Lipinski definition) is 0. The fourth-order valence-corrected chi connectivity index (χ4v) is 4.60. The summed E-state index contributed by atoms with van der Waals surface area (Å²) in [5, 5.41) is 0.808. The Balaban J connectivity index is 1.43. The lowest BCUT2D eigenvalue weighted by Gasteiger charge is -2.32. The second-order valence-electron chi connectivity index (χ2n) is 8.21. The number of likely N-dealkylation sites (tertiary alicyclic amines) is 1. The highest BCUT2D eigenvalue weighted by atomic mass is 32.2. The summed E-state index contributed by atoms with van der Waals surface area (Å²) in [6, 6.07) is 8.88. The van der Waals surface area contributed by atoms with Crippen molar-refractivity contribution in [2.45, 2.75) is 64.5 Å². The zero-order valence-corrected chi connectivity index (χ0v) is 19.0. The fraction of sp³-hybridized carbons (Fsp3) is 0.542. The SMILES string of the molecule is CSc1nc(C)c(CCC(=O)N2CCC(CCc3ccc(C)cc3)CC2)c(C)n1. The number of hydrogen-bond acceptors (Lipinski definition) is 4. The Labute approximate surface area is 179 Å². The Morgan fingerprint density at radius 3 is 2.24 bits per heavy atom. The van der Waals surface area contributed by atoms with E-state index in [1.54, 1.807) is 11.8 Å². The van der Waals surface area contributed by atoms with Crippen LogP contribution in [0.4, 0.5) is 0 Å². The second-order valence-corrected chi connectivity index (χ2v) is 8.98. The van der Waals surface area contributed by atoms with Crippen LogP contribution in [0, 0.1) is 26.7 Å².